The second-order valence-corrected chi connectivity index (χ2v) is 6.00. The van der Waals surface area contributed by atoms with Crippen LogP contribution in [-0.2, 0) is 0 Å². The molecule has 108 valence electrons. The zero-order valence-corrected chi connectivity index (χ0v) is 12.8. The van der Waals surface area contributed by atoms with Gasteiger partial charge in [0, 0.05) is 6.92 Å². The Kier molecular flexibility index (Phi) is 3.74. The highest BCUT2D eigenvalue weighted by molar-refractivity contribution is 7.99. The third-order valence-corrected chi connectivity index (χ3v) is 4.11. The molecule has 0 amide bonds. The van der Waals surface area contributed by atoms with Crippen molar-refractivity contribution in [1.82, 2.24) is 25.0 Å². The molecule has 1 unspecified atom stereocenters. The summed E-state index contributed by atoms with van der Waals surface area (Å²) in [6.07, 6.45) is 1.72. The van der Waals surface area contributed by atoms with Crippen molar-refractivity contribution >= 4 is 11.8 Å². The molecule has 2 aromatic heterocycles. The van der Waals surface area contributed by atoms with E-state index >= 15 is 0 Å². The van der Waals surface area contributed by atoms with Crippen LogP contribution in [0.2, 0.25) is 0 Å². The van der Waals surface area contributed by atoms with Gasteiger partial charge in [0.2, 0.25) is 11.8 Å². The molecule has 0 radical (unpaired) electrons. The maximum absolute atomic E-state index is 5.46. The van der Waals surface area contributed by atoms with E-state index in [-0.39, 0.29) is 5.25 Å². The average Bonchev–Trinajstić information content (AvgIpc) is 3.08. The summed E-state index contributed by atoms with van der Waals surface area (Å²) >= 11 is 1.54. The number of aryl methyl sites for hydroxylation is 2. The minimum absolute atomic E-state index is 0.0122. The standard InChI is InChI=1S/C14H15N5OS/c1-9-6-4-5-7-12(9)19-8-15-18-14(19)21-10(2)13-17-16-11(3)20-13/h4-8,10H,1-3H3. The van der Waals surface area contributed by atoms with Crippen LogP contribution in [0.25, 0.3) is 5.69 Å². The maximum Gasteiger partial charge on any atom is 0.229 e. The van der Waals surface area contributed by atoms with Gasteiger partial charge in [-0.05, 0) is 25.5 Å². The third kappa shape index (κ3) is 2.82. The third-order valence-electron chi connectivity index (χ3n) is 3.06. The first-order chi connectivity index (χ1) is 10.1. The predicted octanol–water partition coefficient (Wildman–Crippen LogP) is 3.12. The van der Waals surface area contributed by atoms with E-state index in [1.165, 1.54) is 17.3 Å². The smallest absolute Gasteiger partial charge is 0.229 e. The largest absolute Gasteiger partial charge is 0.424 e. The summed E-state index contributed by atoms with van der Waals surface area (Å²) in [6, 6.07) is 8.13. The van der Waals surface area contributed by atoms with E-state index in [0.717, 1.165) is 10.8 Å². The molecule has 0 spiro atoms. The molecule has 6 nitrogen and oxygen atoms in total. The fourth-order valence-electron chi connectivity index (χ4n) is 1.99. The van der Waals surface area contributed by atoms with Crippen LogP contribution in [-0.4, -0.2) is 25.0 Å². The van der Waals surface area contributed by atoms with E-state index in [4.69, 9.17) is 4.42 Å². The SMILES string of the molecule is Cc1nnc(C(C)Sc2nncn2-c2ccccc2C)o1. The number of rotatable bonds is 4. The lowest BCUT2D eigenvalue weighted by atomic mass is 10.2. The van der Waals surface area contributed by atoms with Gasteiger partial charge in [-0.3, -0.25) is 4.57 Å². The Morgan fingerprint density at radius 3 is 2.67 bits per heavy atom. The summed E-state index contributed by atoms with van der Waals surface area (Å²) < 4.78 is 7.43. The van der Waals surface area contributed by atoms with Crippen LogP contribution in [0.1, 0.15) is 29.5 Å². The van der Waals surface area contributed by atoms with Gasteiger partial charge in [-0.15, -0.1) is 20.4 Å². The minimum Gasteiger partial charge on any atom is -0.424 e. The van der Waals surface area contributed by atoms with Gasteiger partial charge in [-0.25, -0.2) is 0 Å². The van der Waals surface area contributed by atoms with Gasteiger partial charge in [-0.2, -0.15) is 0 Å². The van der Waals surface area contributed by atoms with Crippen LogP contribution in [0.3, 0.4) is 0 Å². The Hall–Kier alpha value is -2.15. The van der Waals surface area contributed by atoms with Gasteiger partial charge < -0.3 is 4.42 Å². The van der Waals surface area contributed by atoms with Crippen molar-refractivity contribution in [1.29, 1.82) is 0 Å². The van der Waals surface area contributed by atoms with E-state index in [0.29, 0.717) is 11.8 Å². The Bertz CT molecular complexity index is 751. The van der Waals surface area contributed by atoms with Crippen molar-refractivity contribution in [3.05, 3.63) is 47.9 Å². The van der Waals surface area contributed by atoms with E-state index in [2.05, 4.69) is 33.4 Å². The molecule has 7 heteroatoms. The fraction of sp³-hybridized carbons (Fsp3) is 0.286. The molecule has 0 bridgehead atoms. The maximum atomic E-state index is 5.46. The highest BCUT2D eigenvalue weighted by Gasteiger charge is 2.18. The van der Waals surface area contributed by atoms with Crippen molar-refractivity contribution < 1.29 is 4.42 Å². The Balaban J connectivity index is 1.88. The van der Waals surface area contributed by atoms with Gasteiger partial charge in [0.15, 0.2) is 5.16 Å². The second-order valence-electron chi connectivity index (χ2n) is 4.69. The molecular formula is C14H15N5OS. The monoisotopic (exact) mass is 301 g/mol. The molecule has 0 aliphatic heterocycles. The summed E-state index contributed by atoms with van der Waals surface area (Å²) in [5.41, 5.74) is 2.24. The minimum atomic E-state index is 0.0122. The number of benzene rings is 1. The number of para-hydroxylation sites is 1. The van der Waals surface area contributed by atoms with E-state index in [9.17, 15) is 0 Å². The summed E-state index contributed by atoms with van der Waals surface area (Å²) in [4.78, 5) is 0. The summed E-state index contributed by atoms with van der Waals surface area (Å²) in [6.45, 7) is 5.85. The lowest BCUT2D eigenvalue weighted by Crippen LogP contribution is -1.99. The number of nitrogens with zero attached hydrogens (tertiary/aromatic N) is 5. The Morgan fingerprint density at radius 1 is 1.14 bits per heavy atom. The van der Waals surface area contributed by atoms with Crippen LogP contribution >= 0.6 is 11.8 Å². The van der Waals surface area contributed by atoms with E-state index < -0.39 is 0 Å². The average molecular weight is 301 g/mol. The molecular weight excluding hydrogens is 286 g/mol. The molecule has 0 fully saturated rings. The first-order valence-corrected chi connectivity index (χ1v) is 7.46. The van der Waals surface area contributed by atoms with Crippen LogP contribution in [0.15, 0.2) is 40.2 Å². The van der Waals surface area contributed by atoms with Crippen molar-refractivity contribution in [2.45, 2.75) is 31.2 Å². The van der Waals surface area contributed by atoms with E-state index in [1.807, 2.05) is 29.7 Å². The van der Waals surface area contributed by atoms with E-state index in [1.54, 1.807) is 13.3 Å². The predicted molar refractivity (Wildman–Crippen MR) is 79.4 cm³/mol. The highest BCUT2D eigenvalue weighted by Crippen LogP contribution is 2.34. The van der Waals surface area contributed by atoms with Gasteiger partial charge in [0.25, 0.3) is 0 Å². The summed E-state index contributed by atoms with van der Waals surface area (Å²) in [5, 5.41) is 16.9. The number of hydrogen-bond acceptors (Lipinski definition) is 6. The van der Waals surface area contributed by atoms with Crippen molar-refractivity contribution in [2.24, 2.45) is 0 Å². The molecule has 0 N–H and O–H groups in total. The molecule has 0 aliphatic carbocycles. The number of aromatic nitrogens is 5. The van der Waals surface area contributed by atoms with Crippen molar-refractivity contribution in [3.8, 4) is 5.69 Å². The normalized spacial score (nSPS) is 12.5. The first-order valence-electron chi connectivity index (χ1n) is 6.58. The van der Waals surface area contributed by atoms with Crippen LogP contribution in [0.5, 0.6) is 0 Å². The second kappa shape index (κ2) is 5.69. The zero-order chi connectivity index (χ0) is 14.8. The zero-order valence-electron chi connectivity index (χ0n) is 12.0. The molecule has 0 saturated carbocycles. The summed E-state index contributed by atoms with van der Waals surface area (Å²) in [5.74, 6) is 1.16. The van der Waals surface area contributed by atoms with Crippen LogP contribution in [0, 0.1) is 13.8 Å². The lowest BCUT2D eigenvalue weighted by Gasteiger charge is -2.10. The molecule has 3 aromatic rings. The highest BCUT2D eigenvalue weighted by atomic mass is 32.2. The first kappa shape index (κ1) is 13.8. The van der Waals surface area contributed by atoms with Gasteiger partial charge in [0.05, 0.1) is 10.9 Å². The Labute approximate surface area is 126 Å². The molecule has 21 heavy (non-hydrogen) atoms. The topological polar surface area (TPSA) is 69.6 Å². The molecule has 2 heterocycles. The van der Waals surface area contributed by atoms with Gasteiger partial charge in [0.1, 0.15) is 6.33 Å². The molecule has 0 saturated heterocycles. The fourth-order valence-corrected chi connectivity index (χ4v) is 2.85. The molecule has 1 atom stereocenters. The van der Waals surface area contributed by atoms with Crippen LogP contribution < -0.4 is 0 Å². The molecule has 3 rings (SSSR count). The number of hydrogen-bond donors (Lipinski definition) is 0. The van der Waals surface area contributed by atoms with Crippen molar-refractivity contribution in [2.75, 3.05) is 0 Å². The molecule has 0 aliphatic rings. The van der Waals surface area contributed by atoms with Gasteiger partial charge in [-0.1, -0.05) is 30.0 Å². The number of thioether (sulfide) groups is 1. The van der Waals surface area contributed by atoms with Gasteiger partial charge >= 0.3 is 0 Å². The van der Waals surface area contributed by atoms with Crippen LogP contribution in [0.4, 0.5) is 0 Å². The lowest BCUT2D eigenvalue weighted by molar-refractivity contribution is 0.470. The Morgan fingerprint density at radius 2 is 1.95 bits per heavy atom. The summed E-state index contributed by atoms with van der Waals surface area (Å²) in [7, 11) is 0. The van der Waals surface area contributed by atoms with Crippen molar-refractivity contribution in [3.63, 3.8) is 0 Å². The quantitative estimate of drug-likeness (QED) is 0.690. The molecule has 1 aromatic carbocycles.